The fraction of sp³-hybridized carbons (Fsp3) is 0.0625. The van der Waals surface area contributed by atoms with E-state index >= 15 is 0 Å². The third-order valence-electron chi connectivity index (χ3n) is 2.81. The Kier molecular flexibility index (Phi) is 6.59. The van der Waals surface area contributed by atoms with Crippen LogP contribution in [0.5, 0.6) is 5.75 Å². The number of hydrogen-bond donors (Lipinski definition) is 1. The van der Waals surface area contributed by atoms with E-state index in [-0.39, 0.29) is 4.90 Å². The summed E-state index contributed by atoms with van der Waals surface area (Å²) < 4.78 is 31.1. The van der Waals surface area contributed by atoms with E-state index in [1.165, 1.54) is 18.3 Å². The molecule has 8 heteroatoms. The summed E-state index contributed by atoms with van der Waals surface area (Å²) >= 11 is 6.81. The number of rotatable bonds is 7. The van der Waals surface area contributed by atoms with Gasteiger partial charge in [-0.3, -0.25) is 0 Å². The summed E-state index contributed by atoms with van der Waals surface area (Å²) in [4.78, 5) is 2.33. The highest BCUT2D eigenvalue weighted by molar-refractivity contribution is 9.11. The second-order valence-corrected chi connectivity index (χ2v) is 7.95. The Bertz CT molecular complexity index is 830. The molecule has 0 atom stereocenters. The summed E-state index contributed by atoms with van der Waals surface area (Å²) in [5, 5.41) is 3.80. The first kappa shape index (κ1) is 18.7. The number of halogens is 2. The monoisotopic (exact) mass is 472 g/mol. The largest absolute Gasteiger partial charge is 0.487 e. The van der Waals surface area contributed by atoms with Crippen molar-refractivity contribution in [2.24, 2.45) is 5.10 Å². The highest BCUT2D eigenvalue weighted by atomic mass is 79.9. The Morgan fingerprint density at radius 1 is 1.17 bits per heavy atom. The molecule has 0 aliphatic heterocycles. The van der Waals surface area contributed by atoms with Crippen LogP contribution >= 0.6 is 31.9 Å². The highest BCUT2D eigenvalue weighted by Crippen LogP contribution is 2.34. The fourth-order valence-electron chi connectivity index (χ4n) is 1.76. The first-order valence-electron chi connectivity index (χ1n) is 6.76. The molecule has 24 heavy (non-hydrogen) atoms. The van der Waals surface area contributed by atoms with Crippen LogP contribution in [-0.4, -0.2) is 21.2 Å². The molecule has 0 amide bonds. The number of hydrogen-bond acceptors (Lipinski definition) is 4. The number of hydrazone groups is 1. The molecule has 0 saturated carbocycles. The van der Waals surface area contributed by atoms with Crippen LogP contribution in [0.15, 0.2) is 74.1 Å². The second-order valence-electron chi connectivity index (χ2n) is 4.58. The lowest BCUT2D eigenvalue weighted by Gasteiger charge is -2.09. The molecule has 2 aromatic carbocycles. The lowest BCUT2D eigenvalue weighted by molar-refractivity contribution is 0.358. The van der Waals surface area contributed by atoms with Crippen LogP contribution < -0.4 is 9.57 Å². The van der Waals surface area contributed by atoms with Crippen molar-refractivity contribution in [3.05, 3.63) is 69.6 Å². The Morgan fingerprint density at radius 3 is 2.38 bits per heavy atom. The number of benzene rings is 2. The molecule has 1 N–H and O–H groups in total. The highest BCUT2D eigenvalue weighted by Gasteiger charge is 2.11. The second kappa shape index (κ2) is 8.46. The van der Waals surface area contributed by atoms with Crippen LogP contribution in [0, 0.1) is 0 Å². The average Bonchev–Trinajstić information content (AvgIpc) is 2.55. The molecule has 0 spiro atoms. The van der Waals surface area contributed by atoms with Crippen molar-refractivity contribution < 1.29 is 13.2 Å². The SMILES string of the molecule is C=CCOc1c(Br)cc(/C=N\NS(=O)(=O)c2ccccc2)cc1Br. The van der Waals surface area contributed by atoms with E-state index in [9.17, 15) is 8.42 Å². The zero-order valence-corrected chi connectivity index (χ0v) is 16.4. The molecular formula is C16H14Br2N2O3S. The van der Waals surface area contributed by atoms with Crippen LogP contribution in [0.1, 0.15) is 5.56 Å². The number of sulfonamides is 1. The topological polar surface area (TPSA) is 67.8 Å². The van der Waals surface area contributed by atoms with Crippen molar-refractivity contribution in [2.45, 2.75) is 4.90 Å². The van der Waals surface area contributed by atoms with Gasteiger partial charge in [0.1, 0.15) is 12.4 Å². The van der Waals surface area contributed by atoms with Gasteiger partial charge in [0.05, 0.1) is 20.1 Å². The maximum absolute atomic E-state index is 12.1. The first-order chi connectivity index (χ1) is 11.4. The molecule has 126 valence electrons. The van der Waals surface area contributed by atoms with Crippen molar-refractivity contribution in [1.82, 2.24) is 4.83 Å². The summed E-state index contributed by atoms with van der Waals surface area (Å²) in [5.74, 6) is 0.636. The van der Waals surface area contributed by atoms with Gasteiger partial charge < -0.3 is 4.74 Å². The zero-order chi connectivity index (χ0) is 17.6. The van der Waals surface area contributed by atoms with Crippen LogP contribution in [0.3, 0.4) is 0 Å². The van der Waals surface area contributed by atoms with Crippen molar-refractivity contribution >= 4 is 48.1 Å². The quantitative estimate of drug-likeness (QED) is 0.374. The van der Waals surface area contributed by atoms with E-state index in [2.05, 4.69) is 48.4 Å². The van der Waals surface area contributed by atoms with Crippen molar-refractivity contribution in [1.29, 1.82) is 0 Å². The summed E-state index contributed by atoms with van der Waals surface area (Å²) in [7, 11) is -3.68. The molecule has 2 aromatic rings. The lowest BCUT2D eigenvalue weighted by atomic mass is 10.2. The molecule has 0 aromatic heterocycles. The molecule has 0 saturated heterocycles. The first-order valence-corrected chi connectivity index (χ1v) is 9.83. The minimum atomic E-state index is -3.68. The molecule has 0 aliphatic carbocycles. The van der Waals surface area contributed by atoms with Gasteiger partial charge >= 0.3 is 0 Å². The minimum Gasteiger partial charge on any atom is -0.487 e. The van der Waals surface area contributed by atoms with E-state index in [4.69, 9.17) is 4.74 Å². The van der Waals surface area contributed by atoms with Gasteiger partial charge in [-0.2, -0.15) is 13.5 Å². The Labute approximate surface area is 157 Å². The van der Waals surface area contributed by atoms with Crippen LogP contribution in [0.25, 0.3) is 0 Å². The maximum atomic E-state index is 12.1. The average molecular weight is 474 g/mol. The van der Waals surface area contributed by atoms with E-state index in [1.807, 2.05) is 0 Å². The summed E-state index contributed by atoms with van der Waals surface area (Å²) in [6.45, 7) is 3.98. The van der Waals surface area contributed by atoms with Gasteiger partial charge in [-0.15, -0.1) is 0 Å². The van der Waals surface area contributed by atoms with Gasteiger partial charge in [0.2, 0.25) is 0 Å². The number of nitrogens with zero attached hydrogens (tertiary/aromatic N) is 1. The molecule has 0 radical (unpaired) electrons. The van der Waals surface area contributed by atoms with Gasteiger partial charge in [0.25, 0.3) is 10.0 Å². The van der Waals surface area contributed by atoms with Crippen LogP contribution in [0.4, 0.5) is 0 Å². The third-order valence-corrected chi connectivity index (χ3v) is 5.22. The Hall–Kier alpha value is -1.64. The van der Waals surface area contributed by atoms with Gasteiger partial charge in [0, 0.05) is 0 Å². The molecule has 0 heterocycles. The fourth-order valence-corrected chi connectivity index (χ4v) is 4.02. The van der Waals surface area contributed by atoms with E-state index in [0.29, 0.717) is 26.9 Å². The Balaban J connectivity index is 2.14. The molecule has 0 unspecified atom stereocenters. The number of nitrogens with one attached hydrogen (secondary N) is 1. The summed E-state index contributed by atoms with van der Waals surface area (Å²) in [5.41, 5.74) is 0.690. The summed E-state index contributed by atoms with van der Waals surface area (Å²) in [6, 6.07) is 11.6. The molecular weight excluding hydrogens is 460 g/mol. The van der Waals surface area contributed by atoms with Gasteiger partial charge in [-0.25, -0.2) is 4.83 Å². The van der Waals surface area contributed by atoms with E-state index in [0.717, 1.165) is 0 Å². The van der Waals surface area contributed by atoms with Gasteiger partial charge in [-0.05, 0) is 61.7 Å². The van der Waals surface area contributed by atoms with Crippen LogP contribution in [0.2, 0.25) is 0 Å². The van der Waals surface area contributed by atoms with E-state index < -0.39 is 10.0 Å². The molecule has 0 bridgehead atoms. The predicted octanol–water partition coefficient (Wildman–Crippen LogP) is 4.09. The zero-order valence-electron chi connectivity index (χ0n) is 12.4. The van der Waals surface area contributed by atoms with E-state index in [1.54, 1.807) is 36.4 Å². The molecule has 5 nitrogen and oxygen atoms in total. The number of ether oxygens (including phenoxy) is 1. The molecule has 2 rings (SSSR count). The van der Waals surface area contributed by atoms with Crippen LogP contribution in [-0.2, 0) is 10.0 Å². The molecule has 0 aliphatic rings. The van der Waals surface area contributed by atoms with Crippen molar-refractivity contribution in [3.8, 4) is 5.75 Å². The third kappa shape index (κ3) is 4.93. The maximum Gasteiger partial charge on any atom is 0.276 e. The lowest BCUT2D eigenvalue weighted by Crippen LogP contribution is -2.18. The summed E-state index contributed by atoms with van der Waals surface area (Å²) in [6.07, 6.45) is 3.06. The van der Waals surface area contributed by atoms with Gasteiger partial charge in [-0.1, -0.05) is 30.9 Å². The minimum absolute atomic E-state index is 0.151. The molecule has 0 fully saturated rings. The predicted molar refractivity (Wildman–Crippen MR) is 102 cm³/mol. The Morgan fingerprint density at radius 2 is 1.79 bits per heavy atom. The standard InChI is InChI=1S/C16H14Br2N2O3S/c1-2-8-23-16-14(17)9-12(10-15(16)18)11-19-20-24(21,22)13-6-4-3-5-7-13/h2-7,9-11,20H,1,8H2/b19-11-. The normalized spacial score (nSPS) is 11.4. The van der Waals surface area contributed by atoms with Gasteiger partial charge in [0.15, 0.2) is 0 Å². The van der Waals surface area contributed by atoms with Crippen molar-refractivity contribution in [3.63, 3.8) is 0 Å². The van der Waals surface area contributed by atoms with Crippen molar-refractivity contribution in [2.75, 3.05) is 6.61 Å². The smallest absolute Gasteiger partial charge is 0.276 e.